The number of amidine groups is 1. The van der Waals surface area contributed by atoms with E-state index in [2.05, 4.69) is 5.43 Å². The minimum absolute atomic E-state index is 0. The fourth-order valence-electron chi connectivity index (χ4n) is 3.15. The van der Waals surface area contributed by atoms with Crippen LogP contribution in [0.25, 0.3) is 11.1 Å². The van der Waals surface area contributed by atoms with E-state index in [1.807, 2.05) is 78.9 Å². The molecule has 3 aromatic rings. The first-order chi connectivity index (χ1) is 13.2. The zero-order valence-electron chi connectivity index (χ0n) is 15.1. The highest BCUT2D eigenvalue weighted by atomic mass is 79.9. The molecule has 28 heavy (non-hydrogen) atoms. The normalized spacial score (nSPS) is 12.1. The van der Waals surface area contributed by atoms with Crippen molar-refractivity contribution in [1.29, 1.82) is 5.41 Å². The molecule has 0 aliphatic carbocycles. The zero-order chi connectivity index (χ0) is 18.6. The summed E-state index contributed by atoms with van der Waals surface area (Å²) in [6.45, 7) is 0.366. The van der Waals surface area contributed by atoms with Crippen LogP contribution >= 0.6 is 17.0 Å². The fourth-order valence-corrected chi connectivity index (χ4v) is 3.15. The van der Waals surface area contributed by atoms with Gasteiger partial charge in [0.15, 0.2) is 6.61 Å². The number of hydrogen-bond donors (Lipinski definition) is 2. The standard InChI is InChI=1S/C22H19N3O2.BrH/c23-22-19-12-5-4-10-17(19)14-25(22)24-21(26)15-27-20-13-7-6-11-18(20)16-8-2-1-3-9-16;/h1-13,23H,14-15H2,(H,24,26);1H. The average molecular weight is 438 g/mol. The molecule has 142 valence electrons. The van der Waals surface area contributed by atoms with Gasteiger partial charge in [0.1, 0.15) is 11.6 Å². The zero-order valence-corrected chi connectivity index (χ0v) is 16.8. The molecule has 0 saturated carbocycles. The SMILES string of the molecule is Br.N=C1c2ccccc2CN1NC(=O)COc1ccccc1-c1ccccc1. The summed E-state index contributed by atoms with van der Waals surface area (Å²) in [7, 11) is 0. The summed E-state index contributed by atoms with van der Waals surface area (Å²) >= 11 is 0. The van der Waals surface area contributed by atoms with E-state index in [0.29, 0.717) is 18.1 Å². The van der Waals surface area contributed by atoms with E-state index in [-0.39, 0.29) is 29.5 Å². The third kappa shape index (κ3) is 4.07. The molecule has 1 heterocycles. The summed E-state index contributed by atoms with van der Waals surface area (Å²) in [4.78, 5) is 12.3. The number of benzene rings is 3. The Bertz CT molecular complexity index is 992. The van der Waals surface area contributed by atoms with Crippen molar-refractivity contribution in [3.8, 4) is 16.9 Å². The van der Waals surface area contributed by atoms with Gasteiger partial charge in [0.25, 0.3) is 5.91 Å². The Hall–Kier alpha value is -3.12. The van der Waals surface area contributed by atoms with Gasteiger partial charge in [-0.1, -0.05) is 72.8 Å². The minimum atomic E-state index is -0.296. The third-order valence-electron chi connectivity index (χ3n) is 4.46. The summed E-state index contributed by atoms with van der Waals surface area (Å²) in [6, 6.07) is 25.2. The number of fused-ring (bicyclic) bond motifs is 1. The summed E-state index contributed by atoms with van der Waals surface area (Å²) in [6.07, 6.45) is 0. The van der Waals surface area contributed by atoms with Crippen molar-refractivity contribution in [2.45, 2.75) is 6.54 Å². The van der Waals surface area contributed by atoms with Crippen LogP contribution in [0.5, 0.6) is 5.75 Å². The van der Waals surface area contributed by atoms with Crippen molar-refractivity contribution in [1.82, 2.24) is 10.4 Å². The Labute approximate surface area is 174 Å². The lowest BCUT2D eigenvalue weighted by Gasteiger charge is -2.19. The average Bonchev–Trinajstić information content (AvgIpc) is 3.03. The Balaban J connectivity index is 0.00000225. The molecule has 0 fully saturated rings. The molecule has 4 rings (SSSR count). The summed E-state index contributed by atoms with van der Waals surface area (Å²) in [5.41, 5.74) is 6.59. The van der Waals surface area contributed by atoms with E-state index < -0.39 is 0 Å². The number of amides is 1. The third-order valence-corrected chi connectivity index (χ3v) is 4.46. The molecule has 2 N–H and O–H groups in total. The molecule has 5 nitrogen and oxygen atoms in total. The van der Waals surface area contributed by atoms with Crippen LogP contribution in [0.1, 0.15) is 11.1 Å². The van der Waals surface area contributed by atoms with Crippen molar-refractivity contribution in [2.24, 2.45) is 0 Å². The molecule has 0 saturated heterocycles. The molecule has 0 aromatic heterocycles. The first-order valence-corrected chi connectivity index (χ1v) is 8.73. The molecule has 0 bridgehead atoms. The summed E-state index contributed by atoms with van der Waals surface area (Å²) in [5.74, 6) is 0.651. The van der Waals surface area contributed by atoms with Gasteiger partial charge in [0, 0.05) is 11.1 Å². The number of rotatable bonds is 5. The van der Waals surface area contributed by atoms with Gasteiger partial charge in [0.05, 0.1) is 6.54 Å². The van der Waals surface area contributed by atoms with Crippen LogP contribution in [0.4, 0.5) is 0 Å². The van der Waals surface area contributed by atoms with Gasteiger partial charge in [-0.3, -0.25) is 20.6 Å². The topological polar surface area (TPSA) is 65.4 Å². The number of hydrazine groups is 1. The Morgan fingerprint density at radius 1 is 0.929 bits per heavy atom. The highest BCUT2D eigenvalue weighted by Gasteiger charge is 2.25. The second kappa shape index (κ2) is 8.71. The second-order valence-electron chi connectivity index (χ2n) is 6.28. The van der Waals surface area contributed by atoms with Crippen LogP contribution in [-0.4, -0.2) is 23.4 Å². The maximum absolute atomic E-state index is 12.3. The first-order valence-electron chi connectivity index (χ1n) is 8.73. The molecule has 0 spiro atoms. The van der Waals surface area contributed by atoms with Gasteiger partial charge in [-0.05, 0) is 17.2 Å². The molecule has 6 heteroatoms. The Morgan fingerprint density at radius 2 is 1.57 bits per heavy atom. The van der Waals surface area contributed by atoms with Crippen molar-refractivity contribution in [2.75, 3.05) is 6.61 Å². The highest BCUT2D eigenvalue weighted by molar-refractivity contribution is 8.93. The molecule has 0 unspecified atom stereocenters. The highest BCUT2D eigenvalue weighted by Crippen LogP contribution is 2.29. The molecule has 1 amide bonds. The van der Waals surface area contributed by atoms with Crippen LogP contribution in [-0.2, 0) is 11.3 Å². The molecule has 3 aromatic carbocycles. The number of carbonyl (C=O) groups excluding carboxylic acids is 1. The van der Waals surface area contributed by atoms with Gasteiger partial charge >= 0.3 is 0 Å². The van der Waals surface area contributed by atoms with Gasteiger partial charge in [-0.25, -0.2) is 0 Å². The van der Waals surface area contributed by atoms with E-state index >= 15 is 0 Å². The molecule has 1 aliphatic heterocycles. The van der Waals surface area contributed by atoms with Gasteiger partial charge < -0.3 is 4.74 Å². The fraction of sp³-hybridized carbons (Fsp3) is 0.0909. The molecule has 0 radical (unpaired) electrons. The Kier molecular flexibility index (Phi) is 6.11. The number of nitrogens with zero attached hydrogens (tertiary/aromatic N) is 1. The monoisotopic (exact) mass is 437 g/mol. The number of carbonyl (C=O) groups is 1. The lowest BCUT2D eigenvalue weighted by atomic mass is 10.1. The number of ether oxygens (including phenoxy) is 1. The molecular formula is C22H20BrN3O2. The van der Waals surface area contributed by atoms with Gasteiger partial charge in [-0.2, -0.15) is 0 Å². The smallest absolute Gasteiger partial charge is 0.276 e. The Morgan fingerprint density at radius 3 is 2.32 bits per heavy atom. The predicted molar refractivity (Wildman–Crippen MR) is 115 cm³/mol. The van der Waals surface area contributed by atoms with Crippen molar-refractivity contribution >= 4 is 28.7 Å². The lowest BCUT2D eigenvalue weighted by Crippen LogP contribution is -2.44. The van der Waals surface area contributed by atoms with Crippen LogP contribution in [0.2, 0.25) is 0 Å². The summed E-state index contributed by atoms with van der Waals surface area (Å²) < 4.78 is 5.77. The van der Waals surface area contributed by atoms with Crippen molar-refractivity contribution in [3.05, 3.63) is 90.0 Å². The van der Waals surface area contributed by atoms with Crippen molar-refractivity contribution in [3.63, 3.8) is 0 Å². The van der Waals surface area contributed by atoms with E-state index in [0.717, 1.165) is 22.3 Å². The van der Waals surface area contributed by atoms with E-state index in [1.54, 1.807) is 5.01 Å². The number of nitrogens with one attached hydrogen (secondary N) is 2. The molecule has 0 atom stereocenters. The van der Waals surface area contributed by atoms with Crippen LogP contribution in [0.3, 0.4) is 0 Å². The van der Waals surface area contributed by atoms with E-state index in [1.165, 1.54) is 0 Å². The largest absolute Gasteiger partial charge is 0.483 e. The number of halogens is 1. The lowest BCUT2D eigenvalue weighted by molar-refractivity contribution is -0.126. The first kappa shape index (κ1) is 19.6. The maximum atomic E-state index is 12.3. The van der Waals surface area contributed by atoms with Gasteiger partial charge in [-0.15, -0.1) is 17.0 Å². The van der Waals surface area contributed by atoms with Gasteiger partial charge in [0.2, 0.25) is 0 Å². The number of hydrogen-bond acceptors (Lipinski definition) is 3. The minimum Gasteiger partial charge on any atom is -0.483 e. The predicted octanol–water partition coefficient (Wildman–Crippen LogP) is 4.18. The van der Waals surface area contributed by atoms with E-state index in [9.17, 15) is 4.79 Å². The quantitative estimate of drug-likeness (QED) is 0.628. The summed E-state index contributed by atoms with van der Waals surface area (Å²) in [5, 5.41) is 9.74. The maximum Gasteiger partial charge on any atom is 0.276 e. The van der Waals surface area contributed by atoms with Crippen LogP contribution < -0.4 is 10.2 Å². The van der Waals surface area contributed by atoms with Crippen molar-refractivity contribution < 1.29 is 9.53 Å². The molecular weight excluding hydrogens is 418 g/mol. The van der Waals surface area contributed by atoms with Crippen LogP contribution in [0, 0.1) is 5.41 Å². The van der Waals surface area contributed by atoms with E-state index in [4.69, 9.17) is 10.1 Å². The number of para-hydroxylation sites is 1. The molecule has 1 aliphatic rings. The van der Waals surface area contributed by atoms with Crippen LogP contribution in [0.15, 0.2) is 78.9 Å². The second-order valence-corrected chi connectivity index (χ2v) is 6.28.